The molecule has 3 unspecified atom stereocenters. The van der Waals surface area contributed by atoms with Crippen molar-refractivity contribution in [2.24, 2.45) is 11.7 Å². The van der Waals surface area contributed by atoms with Crippen LogP contribution in [0.25, 0.3) is 0 Å². The summed E-state index contributed by atoms with van der Waals surface area (Å²) < 4.78 is 21.2. The van der Waals surface area contributed by atoms with E-state index in [0.717, 1.165) is 6.42 Å². The molecule has 0 radical (unpaired) electrons. The Hall–Kier alpha value is -0.880. The van der Waals surface area contributed by atoms with Gasteiger partial charge in [0, 0.05) is 12.0 Å². The van der Waals surface area contributed by atoms with Crippen LogP contribution in [0.5, 0.6) is 0 Å². The summed E-state index contributed by atoms with van der Waals surface area (Å²) in [5.74, 6) is -0.645. The Morgan fingerprint density at radius 2 is 2.25 bits per heavy atom. The van der Waals surface area contributed by atoms with Crippen LogP contribution in [-0.2, 0) is 15.1 Å². The third-order valence-electron chi connectivity index (χ3n) is 2.48. The van der Waals surface area contributed by atoms with E-state index in [2.05, 4.69) is 5.32 Å². The number of amides is 1. The van der Waals surface area contributed by atoms with Crippen LogP contribution in [0, 0.1) is 5.92 Å². The van der Waals surface area contributed by atoms with Crippen molar-refractivity contribution in [3.8, 4) is 0 Å². The summed E-state index contributed by atoms with van der Waals surface area (Å²) in [4.78, 5) is 11.2. The van der Waals surface area contributed by atoms with Gasteiger partial charge in [-0.15, -0.1) is 0 Å². The fourth-order valence-corrected chi connectivity index (χ4v) is 2.76. The van der Waals surface area contributed by atoms with Gasteiger partial charge >= 0.3 is 0 Å². The molecule has 1 aliphatic carbocycles. The van der Waals surface area contributed by atoms with Crippen molar-refractivity contribution < 1.29 is 13.2 Å². The minimum Gasteiger partial charge on any atom is -0.368 e. The normalized spacial score (nSPS) is 37.7. The standard InChI is InChI=1S/C6H8N2O3S/c7-6(9)4-2-1-3(8-4)5(2)12(10)11/h2-4,8H,1H2,(H2,7,9). The number of rotatable bonds is 1. The Balaban J connectivity index is 2.35. The lowest BCUT2D eigenvalue weighted by Crippen LogP contribution is -2.39. The van der Waals surface area contributed by atoms with Crippen molar-refractivity contribution in [2.75, 3.05) is 0 Å². The molecule has 6 heteroatoms. The van der Waals surface area contributed by atoms with Crippen molar-refractivity contribution >= 4 is 21.1 Å². The molecule has 3 N–H and O–H groups in total. The number of nitrogens with one attached hydrogen (secondary N) is 1. The maximum absolute atomic E-state index is 10.8. The first-order chi connectivity index (χ1) is 5.61. The highest BCUT2D eigenvalue weighted by Gasteiger charge is 2.53. The molecule has 5 nitrogen and oxygen atoms in total. The molecule has 1 saturated carbocycles. The summed E-state index contributed by atoms with van der Waals surface area (Å²) in [7, 11) is -2.16. The molecule has 2 aliphatic heterocycles. The first-order valence-electron chi connectivity index (χ1n) is 3.62. The molecule has 0 aromatic rings. The van der Waals surface area contributed by atoms with Gasteiger partial charge in [-0.2, -0.15) is 8.42 Å². The van der Waals surface area contributed by atoms with Gasteiger partial charge < -0.3 is 5.73 Å². The van der Waals surface area contributed by atoms with E-state index < -0.39 is 22.2 Å². The average Bonchev–Trinajstić information content (AvgIpc) is 2.37. The number of hydrogen-bond acceptors (Lipinski definition) is 4. The smallest absolute Gasteiger partial charge is 0.235 e. The van der Waals surface area contributed by atoms with Gasteiger partial charge in [-0.25, -0.2) is 0 Å². The predicted octanol–water partition coefficient (Wildman–Crippen LogP) is -2.12. The predicted molar refractivity (Wildman–Crippen MR) is 41.9 cm³/mol. The second-order valence-corrected chi connectivity index (χ2v) is 4.02. The maximum atomic E-state index is 10.8. The summed E-state index contributed by atoms with van der Waals surface area (Å²) in [6.45, 7) is 0. The zero-order valence-electron chi connectivity index (χ0n) is 6.15. The highest BCUT2D eigenvalue weighted by molar-refractivity contribution is 7.73. The first-order valence-corrected chi connectivity index (χ1v) is 4.70. The maximum Gasteiger partial charge on any atom is 0.235 e. The van der Waals surface area contributed by atoms with E-state index in [-0.39, 0.29) is 12.0 Å². The summed E-state index contributed by atoms with van der Waals surface area (Å²) in [6.07, 6.45) is 0.719. The van der Waals surface area contributed by atoms with Crippen molar-refractivity contribution in [3.63, 3.8) is 0 Å². The van der Waals surface area contributed by atoms with Crippen LogP contribution >= 0.6 is 0 Å². The van der Waals surface area contributed by atoms with Gasteiger partial charge in [0.1, 0.15) is 0 Å². The minimum atomic E-state index is -2.16. The molecule has 1 amide bonds. The lowest BCUT2D eigenvalue weighted by Gasteiger charge is -2.22. The van der Waals surface area contributed by atoms with Gasteiger partial charge in [0.2, 0.25) is 16.2 Å². The van der Waals surface area contributed by atoms with Crippen LogP contribution < -0.4 is 11.1 Å². The first kappa shape index (κ1) is 7.75. The van der Waals surface area contributed by atoms with Crippen molar-refractivity contribution in [1.82, 2.24) is 5.32 Å². The molecule has 3 aliphatic rings. The fraction of sp³-hybridized carbons (Fsp3) is 0.667. The van der Waals surface area contributed by atoms with Gasteiger partial charge in [0.25, 0.3) is 0 Å². The lowest BCUT2D eigenvalue weighted by atomic mass is 9.82. The number of primary amides is 1. The second kappa shape index (κ2) is 2.30. The summed E-state index contributed by atoms with van der Waals surface area (Å²) >= 11 is 0. The van der Waals surface area contributed by atoms with Gasteiger partial charge in [0.15, 0.2) is 0 Å². The van der Waals surface area contributed by atoms with Crippen LogP contribution in [-0.4, -0.2) is 31.3 Å². The second-order valence-electron chi connectivity index (χ2n) is 3.08. The molecular weight excluding hydrogens is 180 g/mol. The quantitative estimate of drug-likeness (QED) is 0.460. The van der Waals surface area contributed by atoms with Gasteiger partial charge in [-0.05, 0) is 6.42 Å². The molecule has 3 atom stereocenters. The number of carbonyl (C=O) groups is 1. The molecule has 0 spiro atoms. The lowest BCUT2D eigenvalue weighted by molar-refractivity contribution is -0.119. The molecule has 2 heterocycles. The molecule has 0 aromatic heterocycles. The van der Waals surface area contributed by atoms with E-state index in [1.54, 1.807) is 0 Å². The average molecular weight is 188 g/mol. The highest BCUT2D eigenvalue weighted by Crippen LogP contribution is 2.34. The number of fused-ring (bicyclic) bond motifs is 1. The van der Waals surface area contributed by atoms with Crippen LogP contribution in [0.4, 0.5) is 0 Å². The van der Waals surface area contributed by atoms with E-state index in [1.807, 2.05) is 0 Å². The Kier molecular flexibility index (Phi) is 1.49. The monoisotopic (exact) mass is 188 g/mol. The van der Waals surface area contributed by atoms with E-state index in [4.69, 9.17) is 5.73 Å². The highest BCUT2D eigenvalue weighted by atomic mass is 32.2. The van der Waals surface area contributed by atoms with Gasteiger partial charge in [-0.3, -0.25) is 10.1 Å². The fourth-order valence-electron chi connectivity index (χ4n) is 1.89. The van der Waals surface area contributed by atoms with Crippen molar-refractivity contribution in [3.05, 3.63) is 0 Å². The number of hydrogen-bond donors (Lipinski definition) is 2. The van der Waals surface area contributed by atoms with Crippen LogP contribution in [0.1, 0.15) is 6.42 Å². The molecule has 0 aromatic carbocycles. The summed E-state index contributed by atoms with van der Waals surface area (Å²) in [6, 6.07) is -0.603. The van der Waals surface area contributed by atoms with E-state index in [0.29, 0.717) is 4.86 Å². The third-order valence-corrected chi connectivity index (χ3v) is 3.45. The molecule has 66 valence electrons. The molecule has 12 heavy (non-hydrogen) atoms. The van der Waals surface area contributed by atoms with Gasteiger partial charge in [-0.1, -0.05) is 0 Å². The molecule has 2 bridgehead atoms. The van der Waals surface area contributed by atoms with Gasteiger partial charge in [0.05, 0.1) is 10.9 Å². The topological polar surface area (TPSA) is 89.3 Å². The molecule has 3 fully saturated rings. The summed E-state index contributed by atoms with van der Waals surface area (Å²) in [5, 5.41) is 2.85. The van der Waals surface area contributed by atoms with E-state index in [1.165, 1.54) is 0 Å². The Morgan fingerprint density at radius 1 is 1.58 bits per heavy atom. The molecular formula is C6H8N2O3S. The Bertz CT molecular complexity index is 364. The number of nitrogens with two attached hydrogens (primary N) is 1. The molecule has 2 saturated heterocycles. The van der Waals surface area contributed by atoms with E-state index in [9.17, 15) is 13.2 Å². The third kappa shape index (κ3) is 0.818. The Labute approximate surface area is 70.5 Å². The summed E-state index contributed by atoms with van der Waals surface area (Å²) in [5.41, 5.74) is 5.06. The Morgan fingerprint density at radius 3 is 2.58 bits per heavy atom. The molecule has 3 rings (SSSR count). The van der Waals surface area contributed by atoms with Crippen LogP contribution in [0.2, 0.25) is 0 Å². The zero-order valence-corrected chi connectivity index (χ0v) is 6.97. The van der Waals surface area contributed by atoms with Crippen LogP contribution in [0.15, 0.2) is 0 Å². The minimum absolute atomic E-state index is 0.133. The zero-order chi connectivity index (χ0) is 8.88. The SMILES string of the molecule is NC(=O)C1NC2CC1C2=S(=O)=O. The van der Waals surface area contributed by atoms with Crippen molar-refractivity contribution in [2.45, 2.75) is 18.5 Å². The van der Waals surface area contributed by atoms with E-state index >= 15 is 0 Å². The number of carbonyl (C=O) groups excluding carboxylic acids is 1. The van der Waals surface area contributed by atoms with Crippen LogP contribution in [0.3, 0.4) is 0 Å². The largest absolute Gasteiger partial charge is 0.368 e. The van der Waals surface area contributed by atoms with Crippen molar-refractivity contribution in [1.29, 1.82) is 0 Å².